The highest BCUT2D eigenvalue weighted by atomic mass is 32.1. The molecule has 0 aliphatic carbocycles. The monoisotopic (exact) mass is 169 g/mol. The number of aromatic nitrogens is 1. The summed E-state index contributed by atoms with van der Waals surface area (Å²) in [5.74, 6) is -0.946. The minimum atomic E-state index is -0.946. The zero-order valence-electron chi connectivity index (χ0n) is 5.94. The van der Waals surface area contributed by atoms with Crippen molar-refractivity contribution in [2.45, 2.75) is 6.92 Å². The largest absolute Gasteiger partial charge is 0.478 e. The van der Waals surface area contributed by atoms with E-state index in [9.17, 15) is 4.79 Å². The molecule has 1 heterocycles. The first-order valence-electron chi connectivity index (χ1n) is 3.01. The molecule has 58 valence electrons. The van der Waals surface area contributed by atoms with Crippen LogP contribution in [0.4, 0.5) is 0 Å². The van der Waals surface area contributed by atoms with Crippen LogP contribution in [0.25, 0.3) is 6.08 Å². The number of carboxylic acids is 1. The molecule has 0 bridgehead atoms. The summed E-state index contributed by atoms with van der Waals surface area (Å²) >= 11 is 1.43. The Morgan fingerprint density at radius 2 is 2.55 bits per heavy atom. The lowest BCUT2D eigenvalue weighted by Crippen LogP contribution is -1.85. The van der Waals surface area contributed by atoms with Crippen LogP contribution >= 0.6 is 11.3 Å². The van der Waals surface area contributed by atoms with Crippen LogP contribution < -0.4 is 0 Å². The zero-order chi connectivity index (χ0) is 8.27. The van der Waals surface area contributed by atoms with E-state index in [0.29, 0.717) is 0 Å². The molecule has 0 amide bonds. The Morgan fingerprint density at radius 1 is 1.82 bits per heavy atom. The quantitative estimate of drug-likeness (QED) is 0.683. The predicted octanol–water partition coefficient (Wildman–Crippen LogP) is 1.55. The van der Waals surface area contributed by atoms with Crippen LogP contribution in [0.5, 0.6) is 0 Å². The van der Waals surface area contributed by atoms with Crippen molar-refractivity contribution in [1.29, 1.82) is 0 Å². The highest BCUT2D eigenvalue weighted by Gasteiger charge is 1.93. The van der Waals surface area contributed by atoms with Gasteiger partial charge in [0.15, 0.2) is 0 Å². The number of rotatable bonds is 2. The van der Waals surface area contributed by atoms with E-state index >= 15 is 0 Å². The minimum Gasteiger partial charge on any atom is -0.478 e. The van der Waals surface area contributed by atoms with Crippen molar-refractivity contribution >= 4 is 23.4 Å². The summed E-state index contributed by atoms with van der Waals surface area (Å²) < 4.78 is 0. The second-order valence-electron chi connectivity index (χ2n) is 2.00. The molecule has 0 aliphatic heterocycles. The molecular weight excluding hydrogens is 162 g/mol. The van der Waals surface area contributed by atoms with Gasteiger partial charge in [-0.2, -0.15) is 0 Å². The second kappa shape index (κ2) is 3.30. The predicted molar refractivity (Wildman–Crippen MR) is 43.5 cm³/mol. The van der Waals surface area contributed by atoms with Crippen LogP contribution in [0, 0.1) is 6.92 Å². The third-order valence-corrected chi connectivity index (χ3v) is 1.93. The molecule has 0 aromatic carbocycles. The van der Waals surface area contributed by atoms with Gasteiger partial charge in [0.25, 0.3) is 0 Å². The maximum absolute atomic E-state index is 10.1. The maximum Gasteiger partial charge on any atom is 0.328 e. The van der Waals surface area contributed by atoms with Crippen LogP contribution in [0.2, 0.25) is 0 Å². The Balaban J connectivity index is 2.71. The number of aliphatic carboxylic acids is 1. The molecule has 0 spiro atoms. The van der Waals surface area contributed by atoms with E-state index in [1.807, 2.05) is 12.3 Å². The van der Waals surface area contributed by atoms with Gasteiger partial charge in [0, 0.05) is 17.2 Å². The SMILES string of the molecule is Cc1csc(/C=C/C(=O)O)n1. The lowest BCUT2D eigenvalue weighted by molar-refractivity contribution is -0.131. The average molecular weight is 169 g/mol. The van der Waals surface area contributed by atoms with Gasteiger partial charge in [-0.1, -0.05) is 0 Å². The van der Waals surface area contributed by atoms with E-state index < -0.39 is 5.97 Å². The van der Waals surface area contributed by atoms with E-state index in [1.54, 1.807) is 0 Å². The van der Waals surface area contributed by atoms with Gasteiger partial charge in [-0.3, -0.25) is 0 Å². The smallest absolute Gasteiger partial charge is 0.328 e. The molecule has 0 aliphatic rings. The van der Waals surface area contributed by atoms with E-state index in [2.05, 4.69) is 4.98 Å². The summed E-state index contributed by atoms with van der Waals surface area (Å²) in [4.78, 5) is 14.1. The first kappa shape index (κ1) is 7.94. The standard InChI is InChI=1S/C7H7NO2S/c1-5-4-11-6(8-5)2-3-7(9)10/h2-4H,1H3,(H,9,10)/b3-2+. The molecule has 1 rings (SSSR count). The Labute approximate surface area is 68.0 Å². The molecule has 11 heavy (non-hydrogen) atoms. The number of hydrogen-bond donors (Lipinski definition) is 1. The average Bonchev–Trinajstić information content (AvgIpc) is 2.31. The van der Waals surface area contributed by atoms with Gasteiger partial charge in [-0.25, -0.2) is 9.78 Å². The van der Waals surface area contributed by atoms with E-state index in [0.717, 1.165) is 16.8 Å². The van der Waals surface area contributed by atoms with E-state index in [1.165, 1.54) is 17.4 Å². The fraction of sp³-hybridized carbons (Fsp3) is 0.143. The molecule has 0 atom stereocenters. The highest BCUT2D eigenvalue weighted by molar-refractivity contribution is 7.10. The molecule has 0 saturated carbocycles. The van der Waals surface area contributed by atoms with Crippen molar-refractivity contribution in [3.05, 3.63) is 22.2 Å². The molecule has 0 unspecified atom stereocenters. The van der Waals surface area contributed by atoms with Crippen molar-refractivity contribution in [2.75, 3.05) is 0 Å². The Hall–Kier alpha value is -1.16. The number of thiazole rings is 1. The summed E-state index contributed by atoms with van der Waals surface area (Å²) in [7, 11) is 0. The Bertz CT molecular complexity index is 290. The summed E-state index contributed by atoms with van der Waals surface area (Å²) in [5, 5.41) is 10.9. The fourth-order valence-electron chi connectivity index (χ4n) is 0.591. The van der Waals surface area contributed by atoms with Gasteiger partial charge < -0.3 is 5.11 Å². The van der Waals surface area contributed by atoms with Crippen molar-refractivity contribution in [3.8, 4) is 0 Å². The summed E-state index contributed by atoms with van der Waals surface area (Å²) in [5.41, 5.74) is 0.917. The van der Waals surface area contributed by atoms with Crippen LogP contribution in [0.1, 0.15) is 10.7 Å². The third-order valence-electron chi connectivity index (χ3n) is 1.01. The van der Waals surface area contributed by atoms with Crippen molar-refractivity contribution in [1.82, 2.24) is 4.98 Å². The topological polar surface area (TPSA) is 50.2 Å². The third kappa shape index (κ3) is 2.51. The van der Waals surface area contributed by atoms with Crippen LogP contribution in [-0.4, -0.2) is 16.1 Å². The first-order valence-corrected chi connectivity index (χ1v) is 3.89. The van der Waals surface area contributed by atoms with Crippen LogP contribution in [0.15, 0.2) is 11.5 Å². The van der Waals surface area contributed by atoms with Crippen LogP contribution in [-0.2, 0) is 4.79 Å². The van der Waals surface area contributed by atoms with Crippen molar-refractivity contribution in [3.63, 3.8) is 0 Å². The number of carbonyl (C=O) groups is 1. The second-order valence-corrected chi connectivity index (χ2v) is 2.89. The molecule has 1 aromatic rings. The Kier molecular flexibility index (Phi) is 2.38. The van der Waals surface area contributed by atoms with Gasteiger partial charge in [0.2, 0.25) is 0 Å². The molecule has 0 fully saturated rings. The fourth-order valence-corrected chi connectivity index (χ4v) is 1.28. The van der Waals surface area contributed by atoms with Crippen molar-refractivity contribution < 1.29 is 9.90 Å². The maximum atomic E-state index is 10.1. The molecule has 1 aromatic heterocycles. The summed E-state index contributed by atoms with van der Waals surface area (Å²) in [6, 6.07) is 0. The number of carboxylic acid groups (broad SMARTS) is 1. The van der Waals surface area contributed by atoms with Gasteiger partial charge >= 0.3 is 5.97 Å². The summed E-state index contributed by atoms with van der Waals surface area (Å²) in [6.45, 7) is 1.87. The molecule has 3 nitrogen and oxygen atoms in total. The van der Waals surface area contributed by atoms with E-state index in [-0.39, 0.29) is 0 Å². The van der Waals surface area contributed by atoms with Gasteiger partial charge in [0.05, 0.1) is 0 Å². The first-order chi connectivity index (χ1) is 5.18. The lowest BCUT2D eigenvalue weighted by atomic mass is 10.5. The van der Waals surface area contributed by atoms with Crippen molar-refractivity contribution in [2.24, 2.45) is 0 Å². The number of hydrogen-bond acceptors (Lipinski definition) is 3. The molecule has 0 radical (unpaired) electrons. The van der Waals surface area contributed by atoms with Gasteiger partial charge in [-0.05, 0) is 13.0 Å². The number of nitrogens with zero attached hydrogens (tertiary/aromatic N) is 1. The Morgan fingerprint density at radius 3 is 3.00 bits per heavy atom. The number of aryl methyl sites for hydroxylation is 1. The normalized spacial score (nSPS) is 10.6. The molecule has 1 N–H and O–H groups in total. The zero-order valence-corrected chi connectivity index (χ0v) is 6.76. The van der Waals surface area contributed by atoms with Gasteiger partial charge in [0.1, 0.15) is 5.01 Å². The molecular formula is C7H7NO2S. The van der Waals surface area contributed by atoms with E-state index in [4.69, 9.17) is 5.11 Å². The molecule has 4 heteroatoms. The highest BCUT2D eigenvalue weighted by Crippen LogP contribution is 2.09. The molecule has 0 saturated heterocycles. The summed E-state index contributed by atoms with van der Waals surface area (Å²) in [6.07, 6.45) is 2.57. The lowest BCUT2D eigenvalue weighted by Gasteiger charge is -1.79. The van der Waals surface area contributed by atoms with Gasteiger partial charge in [-0.15, -0.1) is 11.3 Å². The minimum absolute atomic E-state index is 0.727. The van der Waals surface area contributed by atoms with Crippen LogP contribution in [0.3, 0.4) is 0 Å².